The molecule has 1 aromatic heterocycles. The van der Waals surface area contributed by atoms with E-state index in [-0.39, 0.29) is 5.91 Å². The molecule has 0 bridgehead atoms. The summed E-state index contributed by atoms with van der Waals surface area (Å²) in [5, 5.41) is 4.79. The minimum Gasteiger partial charge on any atom is -0.497 e. The maximum atomic E-state index is 13.7. The smallest absolute Gasteiger partial charge is 0.257 e. The lowest BCUT2D eigenvalue weighted by molar-refractivity contribution is 0.0785. The number of methoxy groups -OCH3 is 3. The number of hydrogen-bond acceptors (Lipinski definition) is 5. The normalized spacial score (nSPS) is 10.6. The first-order chi connectivity index (χ1) is 16.5. The average Bonchev–Trinajstić information content (AvgIpc) is 3.33. The van der Waals surface area contributed by atoms with Gasteiger partial charge in [-0.15, -0.1) is 0 Å². The van der Waals surface area contributed by atoms with Gasteiger partial charge in [-0.05, 0) is 48.0 Å². The molecule has 4 rings (SSSR count). The highest BCUT2D eigenvalue weighted by Gasteiger charge is 2.24. The third-order valence-electron chi connectivity index (χ3n) is 5.53. The highest BCUT2D eigenvalue weighted by molar-refractivity contribution is 6.00. The number of aromatic nitrogens is 2. The Hall–Kier alpha value is -4.26. The fourth-order valence-electron chi connectivity index (χ4n) is 3.76. The molecule has 174 valence electrons. The fourth-order valence-corrected chi connectivity index (χ4v) is 3.76. The molecule has 0 radical (unpaired) electrons. The van der Waals surface area contributed by atoms with Crippen molar-refractivity contribution in [1.82, 2.24) is 14.7 Å². The summed E-state index contributed by atoms with van der Waals surface area (Å²) in [6, 6.07) is 22.8. The van der Waals surface area contributed by atoms with Crippen LogP contribution in [0, 0.1) is 0 Å². The predicted molar refractivity (Wildman–Crippen MR) is 131 cm³/mol. The Bertz CT molecular complexity index is 1280. The number of ether oxygens (including phenoxy) is 3. The average molecular weight is 458 g/mol. The summed E-state index contributed by atoms with van der Waals surface area (Å²) in [5.74, 6) is 1.83. The van der Waals surface area contributed by atoms with Gasteiger partial charge < -0.3 is 19.1 Å². The van der Waals surface area contributed by atoms with Crippen LogP contribution in [-0.4, -0.2) is 49.0 Å². The van der Waals surface area contributed by atoms with Crippen molar-refractivity contribution in [1.29, 1.82) is 0 Å². The van der Waals surface area contributed by atoms with Gasteiger partial charge in [-0.1, -0.05) is 30.3 Å². The number of carbonyl (C=O) groups is 1. The van der Waals surface area contributed by atoms with Crippen LogP contribution in [0.4, 0.5) is 0 Å². The number of benzene rings is 3. The van der Waals surface area contributed by atoms with Crippen LogP contribution >= 0.6 is 0 Å². The maximum absolute atomic E-state index is 13.7. The van der Waals surface area contributed by atoms with Crippen molar-refractivity contribution in [2.45, 2.75) is 6.54 Å². The number of amides is 1. The third-order valence-corrected chi connectivity index (χ3v) is 5.53. The van der Waals surface area contributed by atoms with Crippen molar-refractivity contribution in [2.75, 3.05) is 28.4 Å². The quantitative estimate of drug-likeness (QED) is 0.379. The number of rotatable bonds is 8. The molecule has 34 heavy (non-hydrogen) atoms. The molecule has 1 amide bonds. The Kier molecular flexibility index (Phi) is 6.82. The largest absolute Gasteiger partial charge is 0.497 e. The van der Waals surface area contributed by atoms with Gasteiger partial charge in [0.05, 0.1) is 32.6 Å². The highest BCUT2D eigenvalue weighted by Crippen LogP contribution is 2.35. The van der Waals surface area contributed by atoms with E-state index in [1.165, 1.54) is 0 Å². The maximum Gasteiger partial charge on any atom is 0.257 e. The Morgan fingerprint density at radius 3 is 2.32 bits per heavy atom. The van der Waals surface area contributed by atoms with E-state index < -0.39 is 0 Å². The van der Waals surface area contributed by atoms with Crippen LogP contribution in [0.3, 0.4) is 0 Å². The third kappa shape index (κ3) is 4.73. The Morgan fingerprint density at radius 2 is 1.62 bits per heavy atom. The molecule has 0 unspecified atom stereocenters. The molecule has 0 saturated carbocycles. The number of hydrogen-bond donors (Lipinski definition) is 0. The second-order valence-corrected chi connectivity index (χ2v) is 7.75. The van der Waals surface area contributed by atoms with Crippen molar-refractivity contribution < 1.29 is 19.0 Å². The molecular weight excluding hydrogens is 430 g/mol. The summed E-state index contributed by atoms with van der Waals surface area (Å²) in [7, 11) is 6.59. The number of nitrogens with zero attached hydrogens (tertiary/aromatic N) is 3. The second kappa shape index (κ2) is 10.1. The van der Waals surface area contributed by atoms with E-state index in [1.807, 2.05) is 72.8 Å². The molecule has 3 aromatic carbocycles. The van der Waals surface area contributed by atoms with Crippen molar-refractivity contribution in [3.8, 4) is 34.2 Å². The van der Waals surface area contributed by atoms with Crippen molar-refractivity contribution in [3.63, 3.8) is 0 Å². The molecule has 0 saturated heterocycles. The summed E-state index contributed by atoms with van der Waals surface area (Å²) in [6.07, 6.45) is 1.76. The van der Waals surface area contributed by atoms with Crippen LogP contribution in [-0.2, 0) is 6.54 Å². The monoisotopic (exact) mass is 457 g/mol. The molecular formula is C27H27N3O4. The zero-order chi connectivity index (χ0) is 24.1. The lowest BCUT2D eigenvalue weighted by atomic mass is 10.1. The topological polar surface area (TPSA) is 65.8 Å². The molecule has 0 N–H and O–H groups in total. The molecule has 7 nitrogen and oxygen atoms in total. The van der Waals surface area contributed by atoms with Gasteiger partial charge in [0.2, 0.25) is 0 Å². The fraction of sp³-hybridized carbons (Fsp3) is 0.185. The van der Waals surface area contributed by atoms with E-state index in [0.29, 0.717) is 34.9 Å². The molecule has 0 atom stereocenters. The summed E-state index contributed by atoms with van der Waals surface area (Å²) >= 11 is 0. The van der Waals surface area contributed by atoms with Crippen molar-refractivity contribution in [3.05, 3.63) is 90.1 Å². The molecule has 0 fully saturated rings. The first-order valence-electron chi connectivity index (χ1n) is 10.8. The number of para-hydroxylation sites is 1. The molecule has 0 aliphatic carbocycles. The molecule has 0 spiro atoms. The SMILES string of the molecule is COc1cccc(CN(C)C(=O)c2cn(-c3ccccc3)nc2-c2cc(OC)ccc2OC)c1. The van der Waals surface area contributed by atoms with Gasteiger partial charge in [0.25, 0.3) is 5.91 Å². The van der Waals surface area contributed by atoms with Gasteiger partial charge >= 0.3 is 0 Å². The Morgan fingerprint density at radius 1 is 0.882 bits per heavy atom. The highest BCUT2D eigenvalue weighted by atomic mass is 16.5. The van der Waals surface area contributed by atoms with Gasteiger partial charge in [0.1, 0.15) is 22.9 Å². The van der Waals surface area contributed by atoms with E-state index in [1.54, 1.807) is 44.2 Å². The summed E-state index contributed by atoms with van der Waals surface area (Å²) in [6.45, 7) is 0.418. The summed E-state index contributed by atoms with van der Waals surface area (Å²) in [5.41, 5.74) is 3.46. The first-order valence-corrected chi connectivity index (χ1v) is 10.8. The molecule has 4 aromatic rings. The number of carbonyl (C=O) groups excluding carboxylic acids is 1. The summed E-state index contributed by atoms with van der Waals surface area (Å²) in [4.78, 5) is 15.3. The van der Waals surface area contributed by atoms with Gasteiger partial charge in [-0.3, -0.25) is 4.79 Å². The van der Waals surface area contributed by atoms with E-state index in [0.717, 1.165) is 17.0 Å². The van der Waals surface area contributed by atoms with E-state index >= 15 is 0 Å². The van der Waals surface area contributed by atoms with Crippen molar-refractivity contribution in [2.24, 2.45) is 0 Å². The summed E-state index contributed by atoms with van der Waals surface area (Å²) < 4.78 is 18.0. The van der Waals surface area contributed by atoms with Crippen LogP contribution < -0.4 is 14.2 Å². The standard InChI is InChI=1S/C27H27N3O4/c1-29(17-19-9-8-12-21(15-19)32-2)27(31)24-18-30(20-10-6-5-7-11-20)28-26(24)23-16-22(33-3)13-14-25(23)34-4/h5-16,18H,17H2,1-4H3. The lowest BCUT2D eigenvalue weighted by Gasteiger charge is -2.18. The van der Waals surface area contributed by atoms with E-state index in [9.17, 15) is 4.79 Å². The minimum absolute atomic E-state index is 0.162. The zero-order valence-electron chi connectivity index (χ0n) is 19.7. The first kappa shape index (κ1) is 22.9. The second-order valence-electron chi connectivity index (χ2n) is 7.75. The van der Waals surface area contributed by atoms with E-state index in [4.69, 9.17) is 19.3 Å². The molecule has 0 aliphatic heterocycles. The Balaban J connectivity index is 1.78. The predicted octanol–water partition coefficient (Wildman–Crippen LogP) is 4.84. The molecule has 0 aliphatic rings. The van der Waals surface area contributed by atoms with Gasteiger partial charge in [0.15, 0.2) is 0 Å². The van der Waals surface area contributed by atoms with Crippen LogP contribution in [0.5, 0.6) is 17.2 Å². The molecule has 7 heteroatoms. The Labute approximate surface area is 199 Å². The van der Waals surface area contributed by atoms with Crippen LogP contribution in [0.25, 0.3) is 16.9 Å². The zero-order valence-corrected chi connectivity index (χ0v) is 19.7. The van der Waals surface area contributed by atoms with Gasteiger partial charge in [-0.2, -0.15) is 5.10 Å². The van der Waals surface area contributed by atoms with Gasteiger partial charge in [-0.25, -0.2) is 4.68 Å². The van der Waals surface area contributed by atoms with Crippen LogP contribution in [0.2, 0.25) is 0 Å². The van der Waals surface area contributed by atoms with Crippen LogP contribution in [0.1, 0.15) is 15.9 Å². The van der Waals surface area contributed by atoms with Gasteiger partial charge in [0, 0.05) is 25.4 Å². The van der Waals surface area contributed by atoms with Crippen molar-refractivity contribution >= 4 is 5.91 Å². The van der Waals surface area contributed by atoms with E-state index in [2.05, 4.69) is 0 Å². The van der Waals surface area contributed by atoms with Crippen LogP contribution in [0.15, 0.2) is 79.0 Å². The lowest BCUT2D eigenvalue weighted by Crippen LogP contribution is -2.26. The molecule has 1 heterocycles. The minimum atomic E-state index is -0.162.